The van der Waals surface area contributed by atoms with Gasteiger partial charge in [0.1, 0.15) is 5.75 Å². The molecule has 1 aromatic rings. The van der Waals surface area contributed by atoms with Crippen molar-refractivity contribution in [1.29, 1.82) is 0 Å². The zero-order valence-corrected chi connectivity index (χ0v) is 11.4. The maximum atomic E-state index is 9.33. The lowest BCUT2D eigenvalue weighted by atomic mass is 10.2. The van der Waals surface area contributed by atoms with Gasteiger partial charge in [-0.25, -0.2) is 0 Å². The third-order valence-electron chi connectivity index (χ3n) is 2.08. The van der Waals surface area contributed by atoms with Crippen LogP contribution in [-0.2, 0) is 6.54 Å². The van der Waals surface area contributed by atoms with Gasteiger partial charge in [-0.15, -0.1) is 0 Å². The lowest BCUT2D eigenvalue weighted by Gasteiger charge is -2.12. The lowest BCUT2D eigenvalue weighted by molar-refractivity contribution is 0.471. The van der Waals surface area contributed by atoms with E-state index >= 15 is 0 Å². The first-order valence-corrected chi connectivity index (χ1v) is 7.02. The van der Waals surface area contributed by atoms with Gasteiger partial charge in [0, 0.05) is 18.3 Å². The molecule has 1 atom stereocenters. The van der Waals surface area contributed by atoms with E-state index in [1.165, 1.54) is 5.56 Å². The van der Waals surface area contributed by atoms with Crippen LogP contribution in [-0.4, -0.2) is 23.2 Å². The summed E-state index contributed by atoms with van der Waals surface area (Å²) in [7, 11) is 0. The maximum Gasteiger partial charge on any atom is 0.129 e. The fourth-order valence-electron chi connectivity index (χ4n) is 1.26. The van der Waals surface area contributed by atoms with Crippen molar-refractivity contribution < 1.29 is 5.11 Å². The Labute approximate surface area is 104 Å². The summed E-state index contributed by atoms with van der Waals surface area (Å²) in [5.74, 6) is 1.40. The summed E-state index contributed by atoms with van der Waals surface area (Å²) in [5, 5.41) is 12.8. The van der Waals surface area contributed by atoms with Gasteiger partial charge in [-0.1, -0.05) is 6.07 Å². The summed E-state index contributed by atoms with van der Waals surface area (Å²) in [6.07, 6.45) is 2.11. The standard InChI is InChI=1S/C11H16BrNOS/c1-8(7-15-2)13-6-9-3-4-11(14)10(12)5-9/h3-5,8,13-14H,6-7H2,1-2H3. The molecule has 0 amide bonds. The highest BCUT2D eigenvalue weighted by molar-refractivity contribution is 9.10. The third-order valence-corrected chi connectivity index (χ3v) is 3.55. The molecule has 0 aliphatic carbocycles. The molecule has 1 rings (SSSR count). The van der Waals surface area contributed by atoms with Gasteiger partial charge in [-0.05, 0) is 46.8 Å². The van der Waals surface area contributed by atoms with Crippen LogP contribution in [0, 0.1) is 0 Å². The van der Waals surface area contributed by atoms with E-state index < -0.39 is 0 Å². The molecule has 84 valence electrons. The molecule has 0 fully saturated rings. The first-order valence-electron chi connectivity index (χ1n) is 4.83. The van der Waals surface area contributed by atoms with Crippen molar-refractivity contribution in [3.05, 3.63) is 28.2 Å². The molecule has 1 unspecified atom stereocenters. The Morgan fingerprint density at radius 2 is 2.27 bits per heavy atom. The minimum atomic E-state index is 0.288. The third kappa shape index (κ3) is 4.45. The molecule has 0 aliphatic heterocycles. The van der Waals surface area contributed by atoms with Crippen LogP contribution in [0.5, 0.6) is 5.75 Å². The Morgan fingerprint density at radius 3 is 2.87 bits per heavy atom. The summed E-state index contributed by atoms with van der Waals surface area (Å²) in [6, 6.07) is 6.08. The first kappa shape index (κ1) is 12.9. The second-order valence-corrected chi connectivity index (χ2v) is 5.29. The number of hydrogen-bond donors (Lipinski definition) is 2. The second-order valence-electron chi connectivity index (χ2n) is 3.52. The van der Waals surface area contributed by atoms with Gasteiger partial charge in [0.25, 0.3) is 0 Å². The predicted octanol–water partition coefficient (Wildman–Crippen LogP) is 3.00. The number of phenols is 1. The number of halogens is 1. The van der Waals surface area contributed by atoms with E-state index in [1.54, 1.807) is 6.07 Å². The molecule has 0 aliphatic rings. The Morgan fingerprint density at radius 1 is 1.53 bits per heavy atom. The van der Waals surface area contributed by atoms with E-state index in [0.29, 0.717) is 6.04 Å². The molecular weight excluding hydrogens is 274 g/mol. The fourth-order valence-corrected chi connectivity index (χ4v) is 2.31. The number of benzene rings is 1. The van der Waals surface area contributed by atoms with E-state index in [-0.39, 0.29) is 5.75 Å². The van der Waals surface area contributed by atoms with Crippen LogP contribution in [0.4, 0.5) is 0 Å². The van der Waals surface area contributed by atoms with Crippen molar-refractivity contribution in [3.63, 3.8) is 0 Å². The summed E-state index contributed by atoms with van der Waals surface area (Å²) in [5.41, 5.74) is 1.17. The number of nitrogens with one attached hydrogen (secondary N) is 1. The normalized spacial score (nSPS) is 12.7. The van der Waals surface area contributed by atoms with Gasteiger partial charge < -0.3 is 10.4 Å². The summed E-state index contributed by atoms with van der Waals surface area (Å²) < 4.78 is 0.749. The molecule has 0 saturated carbocycles. The van der Waals surface area contributed by atoms with Crippen LogP contribution in [0.15, 0.2) is 22.7 Å². The van der Waals surface area contributed by atoms with Gasteiger partial charge >= 0.3 is 0 Å². The SMILES string of the molecule is CSCC(C)NCc1ccc(O)c(Br)c1. The molecule has 4 heteroatoms. The van der Waals surface area contributed by atoms with Crippen LogP contribution in [0.3, 0.4) is 0 Å². The minimum Gasteiger partial charge on any atom is -0.507 e. The van der Waals surface area contributed by atoms with E-state index in [0.717, 1.165) is 16.8 Å². The Balaban J connectivity index is 2.47. The Hall–Kier alpha value is -0.190. The molecule has 0 bridgehead atoms. The van der Waals surface area contributed by atoms with Gasteiger partial charge in [0.15, 0.2) is 0 Å². The molecule has 0 saturated heterocycles. The van der Waals surface area contributed by atoms with Crippen molar-refractivity contribution in [1.82, 2.24) is 5.32 Å². The van der Waals surface area contributed by atoms with E-state index in [2.05, 4.69) is 34.4 Å². The molecule has 0 heterocycles. The highest BCUT2D eigenvalue weighted by Crippen LogP contribution is 2.24. The highest BCUT2D eigenvalue weighted by atomic mass is 79.9. The summed E-state index contributed by atoms with van der Waals surface area (Å²) in [6.45, 7) is 3.01. The zero-order valence-electron chi connectivity index (χ0n) is 8.96. The van der Waals surface area contributed by atoms with Crippen molar-refractivity contribution >= 4 is 27.7 Å². The smallest absolute Gasteiger partial charge is 0.129 e. The van der Waals surface area contributed by atoms with Crippen LogP contribution < -0.4 is 5.32 Å². The number of thioether (sulfide) groups is 1. The average molecular weight is 290 g/mol. The highest BCUT2D eigenvalue weighted by Gasteiger charge is 2.02. The van der Waals surface area contributed by atoms with Gasteiger partial charge in [0.2, 0.25) is 0 Å². The van der Waals surface area contributed by atoms with Crippen LogP contribution in [0.1, 0.15) is 12.5 Å². The van der Waals surface area contributed by atoms with Gasteiger partial charge in [-0.3, -0.25) is 0 Å². The Kier molecular flexibility index (Phi) is 5.50. The average Bonchev–Trinajstić information content (AvgIpc) is 2.20. The van der Waals surface area contributed by atoms with E-state index in [9.17, 15) is 5.11 Å². The van der Waals surface area contributed by atoms with Crippen molar-refractivity contribution in [2.45, 2.75) is 19.5 Å². The molecule has 1 aromatic carbocycles. The predicted molar refractivity (Wildman–Crippen MR) is 70.5 cm³/mol. The quantitative estimate of drug-likeness (QED) is 0.874. The van der Waals surface area contributed by atoms with Gasteiger partial charge in [-0.2, -0.15) is 11.8 Å². The number of phenolic OH excluding ortho intramolecular Hbond substituents is 1. The second kappa shape index (κ2) is 6.40. The maximum absolute atomic E-state index is 9.33. The number of rotatable bonds is 5. The Bertz CT molecular complexity index is 319. The molecule has 2 N–H and O–H groups in total. The van der Waals surface area contributed by atoms with Crippen LogP contribution in [0.25, 0.3) is 0 Å². The van der Waals surface area contributed by atoms with E-state index in [4.69, 9.17) is 0 Å². The minimum absolute atomic E-state index is 0.288. The van der Waals surface area contributed by atoms with Crippen molar-refractivity contribution in [2.24, 2.45) is 0 Å². The number of aromatic hydroxyl groups is 1. The molecule has 0 radical (unpaired) electrons. The van der Waals surface area contributed by atoms with Crippen LogP contribution in [0.2, 0.25) is 0 Å². The number of hydrogen-bond acceptors (Lipinski definition) is 3. The summed E-state index contributed by atoms with van der Waals surface area (Å²) in [4.78, 5) is 0. The van der Waals surface area contributed by atoms with Crippen molar-refractivity contribution in [3.8, 4) is 5.75 Å². The largest absolute Gasteiger partial charge is 0.507 e. The lowest BCUT2D eigenvalue weighted by Crippen LogP contribution is -2.27. The van der Waals surface area contributed by atoms with Gasteiger partial charge in [0.05, 0.1) is 4.47 Å². The topological polar surface area (TPSA) is 32.3 Å². The molecule has 15 heavy (non-hydrogen) atoms. The van der Waals surface area contributed by atoms with Crippen molar-refractivity contribution in [2.75, 3.05) is 12.0 Å². The molecule has 2 nitrogen and oxygen atoms in total. The molecule has 0 spiro atoms. The fraction of sp³-hybridized carbons (Fsp3) is 0.455. The van der Waals surface area contributed by atoms with Crippen LogP contribution >= 0.6 is 27.7 Å². The molecular formula is C11H16BrNOS. The zero-order chi connectivity index (χ0) is 11.3. The monoisotopic (exact) mass is 289 g/mol. The molecule has 0 aromatic heterocycles. The first-order chi connectivity index (χ1) is 7.13. The summed E-state index contributed by atoms with van der Waals surface area (Å²) >= 11 is 5.14. The van der Waals surface area contributed by atoms with E-state index in [1.807, 2.05) is 23.9 Å².